The molecule has 0 aliphatic heterocycles. The highest BCUT2D eigenvalue weighted by molar-refractivity contribution is 5.97. The van der Waals surface area contributed by atoms with Gasteiger partial charge in [0.05, 0.1) is 11.5 Å². The molecule has 1 fully saturated rings. The van der Waals surface area contributed by atoms with Crippen LogP contribution in [0.2, 0.25) is 0 Å². The van der Waals surface area contributed by atoms with Crippen LogP contribution in [0.3, 0.4) is 0 Å². The summed E-state index contributed by atoms with van der Waals surface area (Å²) in [5.41, 5.74) is 3.31. The quantitative estimate of drug-likeness (QED) is 0.324. The lowest BCUT2D eigenvalue weighted by Gasteiger charge is -2.24. The molecule has 4 rings (SSSR count). The maximum absolute atomic E-state index is 13.6. The number of aliphatic carboxylic acids is 1. The number of halogens is 3. The van der Waals surface area contributed by atoms with Gasteiger partial charge in [-0.3, -0.25) is 14.6 Å². The molecule has 0 saturated heterocycles. The van der Waals surface area contributed by atoms with Gasteiger partial charge in [0.15, 0.2) is 0 Å². The fraction of sp³-hybridized carbons (Fsp3) is 0.367. The van der Waals surface area contributed by atoms with Gasteiger partial charge in [-0.15, -0.1) is 0 Å². The van der Waals surface area contributed by atoms with Gasteiger partial charge in [0.2, 0.25) is 5.91 Å². The number of carbonyl (C=O) groups excluding carboxylic acids is 1. The van der Waals surface area contributed by atoms with Gasteiger partial charge in [0.1, 0.15) is 0 Å². The molecular weight excluding hydrogens is 493 g/mol. The molecule has 2 aromatic carbocycles. The summed E-state index contributed by atoms with van der Waals surface area (Å²) in [6.45, 7) is 3.21. The van der Waals surface area contributed by atoms with Crippen molar-refractivity contribution in [2.75, 3.05) is 5.32 Å². The van der Waals surface area contributed by atoms with Crippen LogP contribution in [0.15, 0.2) is 54.7 Å². The number of rotatable bonds is 8. The molecule has 1 aliphatic carbocycles. The molecule has 5 nitrogen and oxygen atoms in total. The number of hydrogen-bond donors (Lipinski definition) is 2. The van der Waals surface area contributed by atoms with E-state index in [1.165, 1.54) is 13.1 Å². The van der Waals surface area contributed by atoms with Gasteiger partial charge >= 0.3 is 12.1 Å². The molecule has 1 aliphatic rings. The summed E-state index contributed by atoms with van der Waals surface area (Å²) in [5.74, 6) is -1.26. The van der Waals surface area contributed by atoms with Crippen molar-refractivity contribution in [2.24, 2.45) is 5.92 Å². The second-order valence-corrected chi connectivity index (χ2v) is 9.97. The van der Waals surface area contributed by atoms with Crippen molar-refractivity contribution in [1.82, 2.24) is 4.98 Å². The Morgan fingerprint density at radius 2 is 1.74 bits per heavy atom. The maximum atomic E-state index is 13.6. The zero-order chi connectivity index (χ0) is 27.4. The van der Waals surface area contributed by atoms with Crippen LogP contribution in [-0.4, -0.2) is 22.0 Å². The van der Waals surface area contributed by atoms with Gasteiger partial charge in [-0.2, -0.15) is 13.2 Å². The number of aryl methyl sites for hydroxylation is 2. The van der Waals surface area contributed by atoms with Gasteiger partial charge in [-0.25, -0.2) is 0 Å². The zero-order valence-corrected chi connectivity index (χ0v) is 21.4. The van der Waals surface area contributed by atoms with Crippen molar-refractivity contribution < 1.29 is 27.9 Å². The molecule has 1 saturated carbocycles. The summed E-state index contributed by atoms with van der Waals surface area (Å²) >= 11 is 0. The topological polar surface area (TPSA) is 79.3 Å². The first kappa shape index (κ1) is 27.4. The summed E-state index contributed by atoms with van der Waals surface area (Å²) < 4.78 is 40.1. The van der Waals surface area contributed by atoms with E-state index >= 15 is 0 Å². The molecule has 200 valence electrons. The molecule has 1 heterocycles. The van der Waals surface area contributed by atoms with Gasteiger partial charge in [-0.05, 0) is 73.4 Å². The SMILES string of the molecule is Cc1ncc(-c2ccc([C@H](C(=O)Nc3cccc(CCC(=O)O)c3C)C3CCCC3)cc2)cc1C(F)(F)F. The molecular formula is C30H31F3N2O3. The first-order valence-electron chi connectivity index (χ1n) is 12.8. The fourth-order valence-corrected chi connectivity index (χ4v) is 5.33. The highest BCUT2D eigenvalue weighted by atomic mass is 19.4. The number of hydrogen-bond acceptors (Lipinski definition) is 3. The summed E-state index contributed by atoms with van der Waals surface area (Å²) in [7, 11) is 0. The third kappa shape index (κ3) is 6.23. The van der Waals surface area contributed by atoms with E-state index in [0.717, 1.165) is 48.4 Å². The average molecular weight is 525 g/mol. The van der Waals surface area contributed by atoms with Crippen LogP contribution in [-0.2, 0) is 22.2 Å². The molecule has 0 radical (unpaired) electrons. The Labute approximate surface area is 220 Å². The fourth-order valence-electron chi connectivity index (χ4n) is 5.33. The number of pyridine rings is 1. The molecule has 2 N–H and O–H groups in total. The summed E-state index contributed by atoms with van der Waals surface area (Å²) in [4.78, 5) is 28.6. The van der Waals surface area contributed by atoms with Crippen LogP contribution in [0.25, 0.3) is 11.1 Å². The Hall–Kier alpha value is -3.68. The number of carbonyl (C=O) groups is 2. The number of nitrogens with zero attached hydrogens (tertiary/aromatic N) is 1. The number of carboxylic acids is 1. The van der Waals surface area contributed by atoms with E-state index in [2.05, 4.69) is 10.3 Å². The van der Waals surface area contributed by atoms with Gasteiger partial charge in [0.25, 0.3) is 0 Å². The third-order valence-corrected chi connectivity index (χ3v) is 7.46. The van der Waals surface area contributed by atoms with Crippen molar-refractivity contribution in [3.8, 4) is 11.1 Å². The van der Waals surface area contributed by atoms with Crippen molar-refractivity contribution in [3.63, 3.8) is 0 Å². The van der Waals surface area contributed by atoms with Crippen molar-refractivity contribution >= 4 is 17.6 Å². The number of anilines is 1. The Morgan fingerprint density at radius 3 is 2.37 bits per heavy atom. The first-order valence-corrected chi connectivity index (χ1v) is 12.8. The highest BCUT2D eigenvalue weighted by Crippen LogP contribution is 2.39. The van der Waals surface area contributed by atoms with Crippen LogP contribution in [0.5, 0.6) is 0 Å². The Kier molecular flexibility index (Phi) is 8.19. The zero-order valence-electron chi connectivity index (χ0n) is 21.4. The second-order valence-electron chi connectivity index (χ2n) is 9.97. The molecule has 38 heavy (non-hydrogen) atoms. The first-order chi connectivity index (χ1) is 18.0. The van der Waals surface area contributed by atoms with Gasteiger partial charge in [-0.1, -0.05) is 49.2 Å². The lowest BCUT2D eigenvalue weighted by Crippen LogP contribution is -2.27. The number of alkyl halides is 3. The average Bonchev–Trinajstić information content (AvgIpc) is 3.39. The summed E-state index contributed by atoms with van der Waals surface area (Å²) in [6, 6.07) is 13.7. The smallest absolute Gasteiger partial charge is 0.418 e. The minimum atomic E-state index is -4.48. The monoisotopic (exact) mass is 524 g/mol. The van der Waals surface area contributed by atoms with Crippen LogP contribution in [0.4, 0.5) is 18.9 Å². The minimum absolute atomic E-state index is 0.0102. The second kappa shape index (κ2) is 11.4. The summed E-state index contributed by atoms with van der Waals surface area (Å²) in [6.07, 6.45) is 1.28. The Morgan fingerprint density at radius 1 is 1.05 bits per heavy atom. The van der Waals surface area contributed by atoms with Crippen molar-refractivity contribution in [3.05, 3.63) is 82.7 Å². The van der Waals surface area contributed by atoms with Gasteiger partial charge < -0.3 is 10.4 Å². The van der Waals surface area contributed by atoms with E-state index in [1.54, 1.807) is 12.1 Å². The normalized spacial score (nSPS) is 14.9. The number of benzene rings is 2. The predicted octanol–water partition coefficient (Wildman–Crippen LogP) is 7.31. The molecule has 1 aromatic heterocycles. The van der Waals surface area contributed by atoms with Crippen LogP contribution in [0.1, 0.15) is 66.0 Å². The molecule has 3 aromatic rings. The van der Waals surface area contributed by atoms with Crippen LogP contribution < -0.4 is 5.32 Å². The molecule has 1 atom stereocenters. The van der Waals surface area contributed by atoms with Crippen molar-refractivity contribution in [1.29, 1.82) is 0 Å². The molecule has 0 unspecified atom stereocenters. The van der Waals surface area contributed by atoms with E-state index in [0.29, 0.717) is 23.2 Å². The van der Waals surface area contributed by atoms with E-state index < -0.39 is 23.6 Å². The van der Waals surface area contributed by atoms with E-state index in [4.69, 9.17) is 5.11 Å². The molecule has 0 bridgehead atoms. The number of carboxylic acid groups (broad SMARTS) is 1. The molecule has 0 spiro atoms. The van der Waals surface area contributed by atoms with E-state index in [1.807, 2.05) is 37.3 Å². The predicted molar refractivity (Wildman–Crippen MR) is 140 cm³/mol. The number of amides is 1. The lowest BCUT2D eigenvalue weighted by molar-refractivity contribution is -0.138. The lowest BCUT2D eigenvalue weighted by atomic mass is 9.83. The van der Waals surface area contributed by atoms with Gasteiger partial charge in [0, 0.05) is 29.6 Å². The van der Waals surface area contributed by atoms with E-state index in [9.17, 15) is 22.8 Å². The largest absolute Gasteiger partial charge is 0.481 e. The highest BCUT2D eigenvalue weighted by Gasteiger charge is 2.34. The molecule has 8 heteroatoms. The number of nitrogens with one attached hydrogen (secondary N) is 1. The van der Waals surface area contributed by atoms with Crippen LogP contribution in [0, 0.1) is 19.8 Å². The third-order valence-electron chi connectivity index (χ3n) is 7.46. The van der Waals surface area contributed by atoms with Crippen LogP contribution >= 0.6 is 0 Å². The molecule has 1 amide bonds. The van der Waals surface area contributed by atoms with Crippen molar-refractivity contribution in [2.45, 2.75) is 64.5 Å². The number of aromatic nitrogens is 1. The summed E-state index contributed by atoms with van der Waals surface area (Å²) in [5, 5.41) is 12.1. The maximum Gasteiger partial charge on any atom is 0.418 e. The Bertz CT molecular complexity index is 1310. The van der Waals surface area contributed by atoms with E-state index in [-0.39, 0.29) is 23.9 Å². The Balaban J connectivity index is 1.60. The minimum Gasteiger partial charge on any atom is -0.481 e. The standard InChI is InChI=1S/C30H31F3N2O3/c1-18-20(14-15-27(36)37)8-5-9-26(18)35-29(38)28(22-6-3-4-7-22)23-12-10-21(11-13-23)24-16-25(30(31,32)33)19(2)34-17-24/h5,8-13,16-17,22,28H,3-4,6-7,14-15H2,1-2H3,(H,35,38)(H,36,37)/t28-/m1/s1.